The van der Waals surface area contributed by atoms with Crippen LogP contribution in [0.2, 0.25) is 0 Å². The molecule has 92 valence electrons. The Bertz CT molecular complexity index is 599. The minimum atomic E-state index is -0.427. The number of nitrogens with zero attached hydrogens (tertiary/aromatic N) is 2. The van der Waals surface area contributed by atoms with E-state index in [1.807, 2.05) is 6.92 Å². The Balaban J connectivity index is 2.22. The summed E-state index contributed by atoms with van der Waals surface area (Å²) in [6.07, 6.45) is 3.20. The van der Waals surface area contributed by atoms with Gasteiger partial charge in [-0.05, 0) is 37.6 Å². The standard InChI is InChI=1S/C13H12FN3O/c1-8-5-6-15-7-12(8)17-13(18)11-4-3-10(14)9(2)16-11/h3-7H,1-2H3,(H,17,18). The number of hydrogen-bond donors (Lipinski definition) is 1. The van der Waals surface area contributed by atoms with Crippen molar-refractivity contribution >= 4 is 11.6 Å². The van der Waals surface area contributed by atoms with Crippen molar-refractivity contribution in [2.75, 3.05) is 5.32 Å². The van der Waals surface area contributed by atoms with Crippen LogP contribution in [0.3, 0.4) is 0 Å². The summed E-state index contributed by atoms with van der Waals surface area (Å²) in [4.78, 5) is 19.7. The summed E-state index contributed by atoms with van der Waals surface area (Å²) >= 11 is 0. The molecule has 0 saturated carbocycles. The highest BCUT2D eigenvalue weighted by atomic mass is 19.1. The first kappa shape index (κ1) is 12.2. The second kappa shape index (κ2) is 4.91. The molecule has 0 aliphatic heterocycles. The van der Waals surface area contributed by atoms with Gasteiger partial charge in [0.2, 0.25) is 0 Å². The molecule has 0 unspecified atom stereocenters. The fourth-order valence-electron chi connectivity index (χ4n) is 1.45. The summed E-state index contributed by atoms with van der Waals surface area (Å²) in [6.45, 7) is 3.38. The SMILES string of the molecule is Cc1ccncc1NC(=O)c1ccc(F)c(C)n1. The first-order valence-electron chi connectivity index (χ1n) is 5.43. The second-order valence-electron chi connectivity index (χ2n) is 3.91. The van der Waals surface area contributed by atoms with E-state index in [9.17, 15) is 9.18 Å². The van der Waals surface area contributed by atoms with E-state index >= 15 is 0 Å². The largest absolute Gasteiger partial charge is 0.319 e. The van der Waals surface area contributed by atoms with E-state index in [2.05, 4.69) is 15.3 Å². The first-order valence-corrected chi connectivity index (χ1v) is 5.43. The maximum absolute atomic E-state index is 13.0. The van der Waals surface area contributed by atoms with Crippen molar-refractivity contribution in [2.24, 2.45) is 0 Å². The van der Waals surface area contributed by atoms with Crippen LogP contribution in [0.25, 0.3) is 0 Å². The van der Waals surface area contributed by atoms with Crippen molar-refractivity contribution in [3.05, 3.63) is 53.4 Å². The Morgan fingerprint density at radius 2 is 2.06 bits per heavy atom. The molecule has 18 heavy (non-hydrogen) atoms. The highest BCUT2D eigenvalue weighted by molar-refractivity contribution is 6.03. The number of hydrogen-bond acceptors (Lipinski definition) is 3. The zero-order valence-corrected chi connectivity index (χ0v) is 10.1. The predicted molar refractivity (Wildman–Crippen MR) is 65.9 cm³/mol. The van der Waals surface area contributed by atoms with E-state index in [4.69, 9.17) is 0 Å². The molecule has 0 atom stereocenters. The topological polar surface area (TPSA) is 54.9 Å². The molecule has 0 aromatic carbocycles. The third kappa shape index (κ3) is 2.51. The van der Waals surface area contributed by atoms with E-state index < -0.39 is 5.82 Å². The number of rotatable bonds is 2. The lowest BCUT2D eigenvalue weighted by Crippen LogP contribution is -2.15. The van der Waals surface area contributed by atoms with Crippen molar-refractivity contribution in [1.29, 1.82) is 0 Å². The molecule has 2 rings (SSSR count). The van der Waals surface area contributed by atoms with E-state index in [0.717, 1.165) is 5.56 Å². The van der Waals surface area contributed by atoms with Gasteiger partial charge in [0.1, 0.15) is 11.5 Å². The Kier molecular flexibility index (Phi) is 3.32. The van der Waals surface area contributed by atoms with Gasteiger partial charge < -0.3 is 5.32 Å². The molecule has 2 aromatic heterocycles. The number of halogens is 1. The molecule has 0 radical (unpaired) electrons. The van der Waals surface area contributed by atoms with Gasteiger partial charge in [0, 0.05) is 6.20 Å². The zero-order chi connectivity index (χ0) is 13.1. The molecule has 0 aliphatic rings. The quantitative estimate of drug-likeness (QED) is 0.884. The van der Waals surface area contributed by atoms with Crippen LogP contribution in [0, 0.1) is 19.7 Å². The lowest BCUT2D eigenvalue weighted by molar-refractivity contribution is 0.102. The van der Waals surface area contributed by atoms with E-state index in [1.165, 1.54) is 19.1 Å². The number of amides is 1. The third-order valence-corrected chi connectivity index (χ3v) is 2.54. The van der Waals surface area contributed by atoms with Gasteiger partial charge in [-0.25, -0.2) is 9.37 Å². The summed E-state index contributed by atoms with van der Waals surface area (Å²) in [6, 6.07) is 4.37. The van der Waals surface area contributed by atoms with Crippen molar-refractivity contribution in [1.82, 2.24) is 9.97 Å². The molecule has 1 N–H and O–H groups in total. The predicted octanol–water partition coefficient (Wildman–Crippen LogP) is 2.48. The van der Waals surface area contributed by atoms with Crippen LogP contribution in [-0.4, -0.2) is 15.9 Å². The van der Waals surface area contributed by atoms with E-state index in [0.29, 0.717) is 5.69 Å². The van der Waals surface area contributed by atoms with E-state index in [-0.39, 0.29) is 17.3 Å². The summed E-state index contributed by atoms with van der Waals surface area (Å²) in [7, 11) is 0. The summed E-state index contributed by atoms with van der Waals surface area (Å²) < 4.78 is 13.0. The molecule has 5 heteroatoms. The molecule has 4 nitrogen and oxygen atoms in total. The van der Waals surface area contributed by atoms with Crippen molar-refractivity contribution in [3.63, 3.8) is 0 Å². The Morgan fingerprint density at radius 3 is 2.72 bits per heavy atom. The molecule has 0 spiro atoms. The molecule has 2 heterocycles. The molecule has 0 aliphatic carbocycles. The zero-order valence-electron chi connectivity index (χ0n) is 10.1. The summed E-state index contributed by atoms with van der Waals surface area (Å²) in [5.74, 6) is -0.807. The molecule has 0 bridgehead atoms. The smallest absolute Gasteiger partial charge is 0.274 e. The van der Waals surface area contributed by atoms with Gasteiger partial charge in [0.15, 0.2) is 0 Å². The van der Waals surface area contributed by atoms with Crippen LogP contribution in [0.4, 0.5) is 10.1 Å². The minimum Gasteiger partial charge on any atom is -0.319 e. The number of carbonyl (C=O) groups is 1. The average molecular weight is 245 g/mol. The molecule has 2 aromatic rings. The maximum Gasteiger partial charge on any atom is 0.274 e. The van der Waals surface area contributed by atoms with Crippen molar-refractivity contribution < 1.29 is 9.18 Å². The number of aryl methyl sites for hydroxylation is 2. The molecular weight excluding hydrogens is 233 g/mol. The number of nitrogens with one attached hydrogen (secondary N) is 1. The van der Waals surface area contributed by atoms with Crippen molar-refractivity contribution in [2.45, 2.75) is 13.8 Å². The van der Waals surface area contributed by atoms with E-state index in [1.54, 1.807) is 18.5 Å². The molecular formula is C13H12FN3O. The van der Waals surface area contributed by atoms with Crippen LogP contribution in [0.5, 0.6) is 0 Å². The fraction of sp³-hybridized carbons (Fsp3) is 0.154. The molecule has 0 saturated heterocycles. The first-order chi connectivity index (χ1) is 8.58. The van der Waals surface area contributed by atoms with Crippen molar-refractivity contribution in [3.8, 4) is 0 Å². The van der Waals surface area contributed by atoms with Gasteiger partial charge in [-0.2, -0.15) is 0 Å². The van der Waals surface area contributed by atoms with Crippen LogP contribution in [-0.2, 0) is 0 Å². The summed E-state index contributed by atoms with van der Waals surface area (Å²) in [5.41, 5.74) is 1.89. The number of pyridine rings is 2. The number of aromatic nitrogens is 2. The van der Waals surface area contributed by atoms with Crippen LogP contribution in [0.15, 0.2) is 30.6 Å². The summed E-state index contributed by atoms with van der Waals surface area (Å²) in [5, 5.41) is 2.69. The van der Waals surface area contributed by atoms with Gasteiger partial charge in [0.25, 0.3) is 5.91 Å². The lowest BCUT2D eigenvalue weighted by Gasteiger charge is -2.07. The normalized spacial score (nSPS) is 10.2. The van der Waals surface area contributed by atoms with Gasteiger partial charge in [0.05, 0.1) is 17.6 Å². The Hall–Kier alpha value is -2.30. The fourth-order valence-corrected chi connectivity index (χ4v) is 1.45. The lowest BCUT2D eigenvalue weighted by atomic mass is 10.2. The Morgan fingerprint density at radius 1 is 1.28 bits per heavy atom. The highest BCUT2D eigenvalue weighted by Gasteiger charge is 2.10. The van der Waals surface area contributed by atoms with Gasteiger partial charge >= 0.3 is 0 Å². The maximum atomic E-state index is 13.0. The molecule has 0 fully saturated rings. The Labute approximate surface area is 104 Å². The van der Waals surface area contributed by atoms with Crippen LogP contribution in [0.1, 0.15) is 21.7 Å². The highest BCUT2D eigenvalue weighted by Crippen LogP contribution is 2.13. The monoisotopic (exact) mass is 245 g/mol. The average Bonchev–Trinajstić information content (AvgIpc) is 2.35. The second-order valence-corrected chi connectivity index (χ2v) is 3.91. The third-order valence-electron chi connectivity index (χ3n) is 2.54. The molecule has 1 amide bonds. The van der Waals surface area contributed by atoms with Crippen LogP contribution < -0.4 is 5.32 Å². The van der Waals surface area contributed by atoms with Gasteiger partial charge in [-0.1, -0.05) is 0 Å². The number of anilines is 1. The van der Waals surface area contributed by atoms with Crippen LogP contribution >= 0.6 is 0 Å². The number of carbonyl (C=O) groups excluding carboxylic acids is 1. The minimum absolute atomic E-state index is 0.178. The van der Waals surface area contributed by atoms with Gasteiger partial charge in [-0.3, -0.25) is 9.78 Å². The van der Waals surface area contributed by atoms with Gasteiger partial charge in [-0.15, -0.1) is 0 Å².